The summed E-state index contributed by atoms with van der Waals surface area (Å²) in [4.78, 5) is 0. The van der Waals surface area contributed by atoms with Crippen molar-refractivity contribution < 1.29 is 0 Å². The molecule has 0 nitrogen and oxygen atoms in total. The van der Waals surface area contributed by atoms with E-state index in [1.54, 1.807) is 25.7 Å². The normalized spacial score (nSPS) is 54.8. The van der Waals surface area contributed by atoms with Gasteiger partial charge >= 0.3 is 0 Å². The predicted octanol–water partition coefficient (Wildman–Crippen LogP) is 4.64. The maximum atomic E-state index is 2.60. The first-order chi connectivity index (χ1) is 7.21. The van der Waals surface area contributed by atoms with Crippen LogP contribution in [0.25, 0.3) is 0 Å². The summed E-state index contributed by atoms with van der Waals surface area (Å²) < 4.78 is 0. The highest BCUT2D eigenvalue weighted by atomic mass is 14.5. The van der Waals surface area contributed by atoms with Gasteiger partial charge in [0.05, 0.1) is 0 Å². The van der Waals surface area contributed by atoms with Gasteiger partial charge in [-0.3, -0.25) is 0 Å². The number of hydrogen-bond acceptors (Lipinski definition) is 0. The zero-order valence-corrected chi connectivity index (χ0v) is 10.5. The van der Waals surface area contributed by atoms with E-state index in [2.05, 4.69) is 13.8 Å². The number of fused-ring (bicyclic) bond motifs is 3. The van der Waals surface area contributed by atoms with Crippen molar-refractivity contribution in [2.24, 2.45) is 29.1 Å². The van der Waals surface area contributed by atoms with Crippen molar-refractivity contribution in [3.05, 3.63) is 0 Å². The Hall–Kier alpha value is 0. The molecule has 3 saturated carbocycles. The van der Waals surface area contributed by atoms with E-state index < -0.39 is 0 Å². The molecule has 0 aromatic heterocycles. The average molecular weight is 206 g/mol. The molecule has 3 rings (SSSR count). The third kappa shape index (κ3) is 1.47. The minimum atomic E-state index is 0.762. The highest BCUT2D eigenvalue weighted by Gasteiger charge is 2.50. The van der Waals surface area contributed by atoms with E-state index in [-0.39, 0.29) is 0 Å². The summed E-state index contributed by atoms with van der Waals surface area (Å²) in [5.41, 5.74) is 0.762. The first kappa shape index (κ1) is 10.2. The van der Waals surface area contributed by atoms with Gasteiger partial charge in [0.15, 0.2) is 0 Å². The van der Waals surface area contributed by atoms with Crippen LogP contribution in [-0.2, 0) is 0 Å². The molecular weight excluding hydrogens is 180 g/mol. The molecular formula is C15H26. The van der Waals surface area contributed by atoms with E-state index >= 15 is 0 Å². The van der Waals surface area contributed by atoms with Gasteiger partial charge in [-0.25, -0.2) is 0 Å². The molecule has 86 valence electrons. The fourth-order valence-electron chi connectivity index (χ4n) is 5.32. The second-order valence-electron chi connectivity index (χ2n) is 6.93. The van der Waals surface area contributed by atoms with Crippen LogP contribution in [0.15, 0.2) is 0 Å². The van der Waals surface area contributed by atoms with Crippen LogP contribution in [-0.4, -0.2) is 0 Å². The lowest BCUT2D eigenvalue weighted by Crippen LogP contribution is -2.42. The summed E-state index contributed by atoms with van der Waals surface area (Å²) in [6.07, 6.45) is 12.3. The summed E-state index contributed by atoms with van der Waals surface area (Å²) in [7, 11) is 0. The summed E-state index contributed by atoms with van der Waals surface area (Å²) in [6, 6.07) is 0. The van der Waals surface area contributed by atoms with Gasteiger partial charge in [0, 0.05) is 0 Å². The van der Waals surface area contributed by atoms with E-state index in [9.17, 15) is 0 Å². The van der Waals surface area contributed by atoms with Crippen LogP contribution in [0.2, 0.25) is 0 Å². The van der Waals surface area contributed by atoms with Crippen molar-refractivity contribution in [3.8, 4) is 0 Å². The Morgan fingerprint density at radius 3 is 2.60 bits per heavy atom. The zero-order chi connectivity index (χ0) is 10.5. The predicted molar refractivity (Wildman–Crippen MR) is 64.7 cm³/mol. The molecule has 0 bridgehead atoms. The molecule has 3 aliphatic rings. The third-order valence-corrected chi connectivity index (χ3v) is 6.20. The van der Waals surface area contributed by atoms with Gasteiger partial charge < -0.3 is 0 Å². The zero-order valence-electron chi connectivity index (χ0n) is 10.5. The topological polar surface area (TPSA) is 0 Å². The van der Waals surface area contributed by atoms with Crippen LogP contribution < -0.4 is 0 Å². The molecule has 3 aliphatic carbocycles. The molecule has 0 saturated heterocycles. The van der Waals surface area contributed by atoms with Gasteiger partial charge in [0.1, 0.15) is 0 Å². The Morgan fingerprint density at radius 1 is 0.867 bits per heavy atom. The Labute approximate surface area is 94.8 Å². The van der Waals surface area contributed by atoms with Crippen LogP contribution >= 0.6 is 0 Å². The largest absolute Gasteiger partial charge is 0.0622 e. The van der Waals surface area contributed by atoms with Crippen LogP contribution in [0.1, 0.15) is 65.2 Å². The summed E-state index contributed by atoms with van der Waals surface area (Å²) in [5.74, 6) is 4.37. The Bertz CT molecular complexity index is 244. The molecule has 0 N–H and O–H groups in total. The van der Waals surface area contributed by atoms with E-state index in [4.69, 9.17) is 0 Å². The lowest BCUT2D eigenvalue weighted by Gasteiger charge is -2.50. The molecule has 0 heteroatoms. The maximum absolute atomic E-state index is 2.60. The second kappa shape index (κ2) is 3.50. The van der Waals surface area contributed by atoms with Crippen molar-refractivity contribution in [1.29, 1.82) is 0 Å². The highest BCUT2D eigenvalue weighted by Crippen LogP contribution is 2.59. The molecule has 3 fully saturated rings. The smallest absolute Gasteiger partial charge is 0.0295 e. The van der Waals surface area contributed by atoms with E-state index in [0.717, 1.165) is 29.1 Å². The Morgan fingerprint density at radius 2 is 1.73 bits per heavy atom. The lowest BCUT2D eigenvalue weighted by atomic mass is 9.55. The van der Waals surface area contributed by atoms with Crippen molar-refractivity contribution in [2.75, 3.05) is 0 Å². The van der Waals surface area contributed by atoms with Gasteiger partial charge in [-0.15, -0.1) is 0 Å². The van der Waals surface area contributed by atoms with Crippen LogP contribution in [0.3, 0.4) is 0 Å². The Kier molecular flexibility index (Phi) is 2.37. The average Bonchev–Trinajstić information content (AvgIpc) is 2.60. The molecule has 15 heavy (non-hydrogen) atoms. The van der Waals surface area contributed by atoms with E-state index in [1.807, 2.05) is 0 Å². The standard InChI is InChI=1S/C15H26/c1-11-5-3-6-13-12(11)8-10-15(2)9-4-7-14(13)15/h11-14H,3-10H2,1-2H3/t11-,12-,13-,14+,15+/m1/s1. The van der Waals surface area contributed by atoms with Crippen molar-refractivity contribution in [3.63, 3.8) is 0 Å². The van der Waals surface area contributed by atoms with Crippen LogP contribution in [0, 0.1) is 29.1 Å². The molecule has 0 radical (unpaired) electrons. The second-order valence-corrected chi connectivity index (χ2v) is 6.93. The van der Waals surface area contributed by atoms with Gasteiger partial charge in [-0.1, -0.05) is 33.1 Å². The quantitative estimate of drug-likeness (QED) is 0.541. The molecule has 0 aromatic carbocycles. The summed E-state index contributed by atoms with van der Waals surface area (Å²) in [5, 5.41) is 0. The first-order valence-electron chi connectivity index (χ1n) is 7.21. The van der Waals surface area contributed by atoms with Gasteiger partial charge in [-0.05, 0) is 61.2 Å². The fourth-order valence-corrected chi connectivity index (χ4v) is 5.32. The van der Waals surface area contributed by atoms with Crippen molar-refractivity contribution >= 4 is 0 Å². The number of hydrogen-bond donors (Lipinski definition) is 0. The Balaban J connectivity index is 1.84. The summed E-state index contributed by atoms with van der Waals surface area (Å²) in [6.45, 7) is 5.12. The maximum Gasteiger partial charge on any atom is -0.0295 e. The fraction of sp³-hybridized carbons (Fsp3) is 1.00. The van der Waals surface area contributed by atoms with E-state index in [1.165, 1.54) is 25.7 Å². The third-order valence-electron chi connectivity index (χ3n) is 6.20. The van der Waals surface area contributed by atoms with Crippen LogP contribution in [0.5, 0.6) is 0 Å². The molecule has 0 unspecified atom stereocenters. The number of rotatable bonds is 0. The van der Waals surface area contributed by atoms with Gasteiger partial charge in [-0.2, -0.15) is 0 Å². The minimum absolute atomic E-state index is 0.762. The van der Waals surface area contributed by atoms with Gasteiger partial charge in [0.25, 0.3) is 0 Å². The molecule has 0 aromatic rings. The van der Waals surface area contributed by atoms with Crippen molar-refractivity contribution in [1.82, 2.24) is 0 Å². The monoisotopic (exact) mass is 206 g/mol. The SMILES string of the molecule is C[C@@H]1CCC[C@@H]2[C@@H]1CC[C@]1(C)CCC[C@@H]21. The molecule has 0 amide bonds. The molecule has 0 heterocycles. The van der Waals surface area contributed by atoms with Crippen LogP contribution in [0.4, 0.5) is 0 Å². The first-order valence-corrected chi connectivity index (χ1v) is 7.21. The molecule has 0 spiro atoms. The molecule has 5 atom stereocenters. The van der Waals surface area contributed by atoms with Crippen molar-refractivity contribution in [2.45, 2.75) is 65.2 Å². The molecule has 0 aliphatic heterocycles. The highest BCUT2D eigenvalue weighted by molar-refractivity contribution is 5.00. The van der Waals surface area contributed by atoms with E-state index in [0.29, 0.717) is 0 Å². The summed E-state index contributed by atoms with van der Waals surface area (Å²) >= 11 is 0. The van der Waals surface area contributed by atoms with Gasteiger partial charge in [0.2, 0.25) is 0 Å². The minimum Gasteiger partial charge on any atom is -0.0622 e. The lowest BCUT2D eigenvalue weighted by molar-refractivity contribution is -0.00970.